The van der Waals surface area contributed by atoms with Crippen LogP contribution in [0.5, 0.6) is 0 Å². The van der Waals surface area contributed by atoms with Crippen molar-refractivity contribution in [3.63, 3.8) is 0 Å². The van der Waals surface area contributed by atoms with E-state index < -0.39 is 0 Å². The summed E-state index contributed by atoms with van der Waals surface area (Å²) in [6, 6.07) is 4.18. The van der Waals surface area contributed by atoms with E-state index in [1.54, 1.807) is 10.9 Å². The van der Waals surface area contributed by atoms with Crippen LogP contribution < -0.4 is 5.56 Å². The summed E-state index contributed by atoms with van der Waals surface area (Å²) in [6.45, 7) is 8.11. The molecule has 0 aliphatic rings. The molecule has 0 aliphatic carbocycles. The lowest BCUT2D eigenvalue weighted by atomic mass is 10.1. The minimum atomic E-state index is 0.0659. The van der Waals surface area contributed by atoms with Gasteiger partial charge in [0.15, 0.2) is 0 Å². The molecule has 17 heavy (non-hydrogen) atoms. The molecule has 2 rings (SSSR count). The van der Waals surface area contributed by atoms with Gasteiger partial charge in [0.25, 0.3) is 5.56 Å². The van der Waals surface area contributed by atoms with E-state index in [9.17, 15) is 4.79 Å². The molecule has 0 radical (unpaired) electrons. The quantitative estimate of drug-likeness (QED) is 0.795. The molecule has 0 spiro atoms. The third kappa shape index (κ3) is 1.97. The van der Waals surface area contributed by atoms with Crippen molar-refractivity contribution in [3.05, 3.63) is 39.9 Å². The molecule has 1 atom stereocenters. The van der Waals surface area contributed by atoms with E-state index >= 15 is 0 Å². The van der Waals surface area contributed by atoms with Gasteiger partial charge in [0, 0.05) is 6.04 Å². The maximum atomic E-state index is 12.4. The monoisotopic (exact) mass is 230 g/mol. The molecule has 0 saturated heterocycles. The molecule has 2 aromatic rings. The fourth-order valence-corrected chi connectivity index (χ4v) is 2.12. The lowest BCUT2D eigenvalue weighted by Gasteiger charge is -2.13. The average Bonchev–Trinajstić information content (AvgIpc) is 2.29. The van der Waals surface area contributed by atoms with Crippen molar-refractivity contribution < 1.29 is 0 Å². The topological polar surface area (TPSA) is 34.9 Å². The summed E-state index contributed by atoms with van der Waals surface area (Å²) in [5.41, 5.74) is 3.06. The van der Waals surface area contributed by atoms with Gasteiger partial charge in [-0.3, -0.25) is 9.36 Å². The fourth-order valence-electron chi connectivity index (χ4n) is 2.12. The van der Waals surface area contributed by atoms with Gasteiger partial charge in [-0.15, -0.1) is 0 Å². The summed E-state index contributed by atoms with van der Waals surface area (Å²) in [6.07, 6.45) is 2.60. The Labute approximate surface area is 101 Å². The second kappa shape index (κ2) is 4.32. The number of fused-ring (bicyclic) bond motifs is 1. The molecule has 3 heteroatoms. The van der Waals surface area contributed by atoms with E-state index in [4.69, 9.17) is 0 Å². The number of benzene rings is 1. The Hall–Kier alpha value is -1.64. The van der Waals surface area contributed by atoms with E-state index in [-0.39, 0.29) is 11.6 Å². The number of aryl methyl sites for hydroxylation is 2. The predicted molar refractivity (Wildman–Crippen MR) is 70.5 cm³/mol. The van der Waals surface area contributed by atoms with Gasteiger partial charge in [0.1, 0.15) is 0 Å². The molecular weight excluding hydrogens is 212 g/mol. The smallest absolute Gasteiger partial charge is 0.261 e. The molecule has 0 saturated carbocycles. The van der Waals surface area contributed by atoms with Crippen molar-refractivity contribution in [1.29, 1.82) is 0 Å². The maximum absolute atomic E-state index is 12.4. The fraction of sp³-hybridized carbons (Fsp3) is 0.429. The Bertz CT molecular complexity index is 613. The van der Waals surface area contributed by atoms with E-state index in [0.29, 0.717) is 0 Å². The second-order valence-electron chi connectivity index (χ2n) is 4.69. The largest absolute Gasteiger partial charge is 0.296 e. The standard InChI is InChI=1S/C14H18N2O/c1-5-11(4)16-8-15-13-10(3)6-9(2)7-12(13)14(16)17/h6-8,11H,5H2,1-4H3. The van der Waals surface area contributed by atoms with Crippen molar-refractivity contribution in [2.75, 3.05) is 0 Å². The normalized spacial score (nSPS) is 12.9. The van der Waals surface area contributed by atoms with Crippen LogP contribution in [-0.4, -0.2) is 9.55 Å². The first-order valence-electron chi connectivity index (χ1n) is 6.02. The zero-order chi connectivity index (χ0) is 12.6. The van der Waals surface area contributed by atoms with Crippen LogP contribution in [0, 0.1) is 13.8 Å². The minimum absolute atomic E-state index is 0.0659. The molecule has 1 aromatic heterocycles. The van der Waals surface area contributed by atoms with Crippen LogP contribution in [0.15, 0.2) is 23.3 Å². The van der Waals surface area contributed by atoms with Crippen LogP contribution in [0.3, 0.4) is 0 Å². The minimum Gasteiger partial charge on any atom is -0.296 e. The Morgan fingerprint density at radius 1 is 1.35 bits per heavy atom. The van der Waals surface area contributed by atoms with Gasteiger partial charge < -0.3 is 0 Å². The molecule has 90 valence electrons. The highest BCUT2D eigenvalue weighted by atomic mass is 16.1. The molecule has 0 fully saturated rings. The summed E-state index contributed by atoms with van der Waals surface area (Å²) in [4.78, 5) is 16.8. The highest BCUT2D eigenvalue weighted by Crippen LogP contribution is 2.16. The SMILES string of the molecule is CCC(C)n1cnc2c(C)cc(C)cc2c1=O. The van der Waals surface area contributed by atoms with Crippen LogP contribution in [0.1, 0.15) is 37.4 Å². The van der Waals surface area contributed by atoms with Gasteiger partial charge in [-0.1, -0.05) is 13.0 Å². The van der Waals surface area contributed by atoms with Crippen LogP contribution in [-0.2, 0) is 0 Å². The molecule has 0 amide bonds. The van der Waals surface area contributed by atoms with Crippen molar-refractivity contribution in [2.24, 2.45) is 0 Å². The molecule has 0 aliphatic heterocycles. The first-order chi connectivity index (χ1) is 8.04. The highest BCUT2D eigenvalue weighted by molar-refractivity contribution is 5.81. The summed E-state index contributed by atoms with van der Waals surface area (Å²) < 4.78 is 1.72. The number of rotatable bonds is 2. The van der Waals surface area contributed by atoms with E-state index in [2.05, 4.69) is 18.0 Å². The van der Waals surface area contributed by atoms with Gasteiger partial charge in [-0.25, -0.2) is 4.98 Å². The van der Waals surface area contributed by atoms with Gasteiger partial charge in [0.05, 0.1) is 17.2 Å². The van der Waals surface area contributed by atoms with Crippen LogP contribution in [0.4, 0.5) is 0 Å². The predicted octanol–water partition coefficient (Wildman–Crippen LogP) is 2.98. The van der Waals surface area contributed by atoms with Gasteiger partial charge >= 0.3 is 0 Å². The summed E-state index contributed by atoms with van der Waals surface area (Å²) in [5.74, 6) is 0. The Kier molecular flexibility index (Phi) is 3.01. The third-order valence-corrected chi connectivity index (χ3v) is 3.29. The highest BCUT2D eigenvalue weighted by Gasteiger charge is 2.10. The molecule has 0 N–H and O–H groups in total. The maximum Gasteiger partial charge on any atom is 0.261 e. The zero-order valence-electron chi connectivity index (χ0n) is 10.8. The number of hydrogen-bond acceptors (Lipinski definition) is 2. The van der Waals surface area contributed by atoms with Gasteiger partial charge in [-0.2, -0.15) is 0 Å². The van der Waals surface area contributed by atoms with Crippen molar-refractivity contribution in [3.8, 4) is 0 Å². The summed E-state index contributed by atoms with van der Waals surface area (Å²) in [5, 5.41) is 0.727. The molecule has 0 bridgehead atoms. The first-order valence-corrected chi connectivity index (χ1v) is 6.02. The van der Waals surface area contributed by atoms with Crippen LogP contribution in [0.2, 0.25) is 0 Å². The Morgan fingerprint density at radius 2 is 2.06 bits per heavy atom. The van der Waals surface area contributed by atoms with Crippen LogP contribution in [0.25, 0.3) is 10.9 Å². The molecule has 1 aromatic carbocycles. The average molecular weight is 230 g/mol. The Balaban J connectivity index is 2.80. The first kappa shape index (κ1) is 11.8. The van der Waals surface area contributed by atoms with E-state index in [1.165, 1.54) is 0 Å². The zero-order valence-corrected chi connectivity index (χ0v) is 10.8. The van der Waals surface area contributed by atoms with Crippen molar-refractivity contribution >= 4 is 10.9 Å². The lowest BCUT2D eigenvalue weighted by molar-refractivity contribution is 0.510. The number of hydrogen-bond donors (Lipinski definition) is 0. The number of aromatic nitrogens is 2. The van der Waals surface area contributed by atoms with Gasteiger partial charge in [0.2, 0.25) is 0 Å². The number of nitrogens with zero attached hydrogens (tertiary/aromatic N) is 2. The molecule has 1 heterocycles. The Morgan fingerprint density at radius 3 is 2.71 bits per heavy atom. The van der Waals surface area contributed by atoms with Crippen molar-refractivity contribution in [2.45, 2.75) is 40.2 Å². The van der Waals surface area contributed by atoms with E-state index in [0.717, 1.165) is 28.5 Å². The summed E-state index contributed by atoms with van der Waals surface area (Å²) in [7, 11) is 0. The summed E-state index contributed by atoms with van der Waals surface area (Å²) >= 11 is 0. The third-order valence-electron chi connectivity index (χ3n) is 3.29. The van der Waals surface area contributed by atoms with Gasteiger partial charge in [-0.05, 0) is 44.4 Å². The molecule has 3 nitrogen and oxygen atoms in total. The molecule has 1 unspecified atom stereocenters. The molecular formula is C14H18N2O. The van der Waals surface area contributed by atoms with Crippen molar-refractivity contribution in [1.82, 2.24) is 9.55 Å². The van der Waals surface area contributed by atoms with E-state index in [1.807, 2.05) is 26.8 Å². The lowest BCUT2D eigenvalue weighted by Crippen LogP contribution is -2.23. The van der Waals surface area contributed by atoms with Crippen LogP contribution >= 0.6 is 0 Å². The second-order valence-corrected chi connectivity index (χ2v) is 4.69.